The van der Waals surface area contributed by atoms with Crippen LogP contribution < -0.4 is 15.8 Å². The SMILES string of the molecule is C=C/C=c1/c(CN(CC(C)C)C2CCNCC2)nccc1=C. The third kappa shape index (κ3) is 4.52. The lowest BCUT2D eigenvalue weighted by Crippen LogP contribution is -2.45. The van der Waals surface area contributed by atoms with E-state index in [0.717, 1.165) is 42.3 Å². The van der Waals surface area contributed by atoms with Gasteiger partial charge in [-0.1, -0.05) is 39.2 Å². The fourth-order valence-corrected chi connectivity index (χ4v) is 3.18. The molecule has 2 heterocycles. The molecule has 0 spiro atoms. The van der Waals surface area contributed by atoms with Gasteiger partial charge in [-0.2, -0.15) is 0 Å². The van der Waals surface area contributed by atoms with Crippen LogP contribution in [0.4, 0.5) is 0 Å². The number of nitrogens with zero attached hydrogens (tertiary/aromatic N) is 2. The molecule has 0 unspecified atom stereocenters. The number of hydrogen-bond donors (Lipinski definition) is 1. The lowest BCUT2D eigenvalue weighted by molar-refractivity contribution is 0.135. The third-order valence-corrected chi connectivity index (χ3v) is 4.23. The van der Waals surface area contributed by atoms with Crippen LogP contribution in [0.2, 0.25) is 0 Å². The van der Waals surface area contributed by atoms with Crippen molar-refractivity contribution >= 4 is 12.7 Å². The molecule has 1 saturated heterocycles. The fraction of sp³-hybridized carbons (Fsp3) is 0.526. The largest absolute Gasteiger partial charge is 0.317 e. The zero-order chi connectivity index (χ0) is 15.9. The van der Waals surface area contributed by atoms with Gasteiger partial charge in [0.25, 0.3) is 0 Å². The highest BCUT2D eigenvalue weighted by molar-refractivity contribution is 5.37. The van der Waals surface area contributed by atoms with Gasteiger partial charge in [0.1, 0.15) is 0 Å². The predicted octanol–water partition coefficient (Wildman–Crippen LogP) is 1.67. The number of rotatable bonds is 6. The van der Waals surface area contributed by atoms with Gasteiger partial charge in [0.05, 0.1) is 5.69 Å². The minimum Gasteiger partial charge on any atom is -0.317 e. The summed E-state index contributed by atoms with van der Waals surface area (Å²) in [6.07, 6.45) is 8.16. The van der Waals surface area contributed by atoms with E-state index in [1.165, 1.54) is 12.8 Å². The van der Waals surface area contributed by atoms with Crippen LogP contribution in [0.5, 0.6) is 0 Å². The summed E-state index contributed by atoms with van der Waals surface area (Å²) in [5, 5.41) is 5.61. The molecule has 1 aliphatic heterocycles. The van der Waals surface area contributed by atoms with Crippen LogP contribution in [0.25, 0.3) is 12.7 Å². The Hall–Kier alpha value is -1.45. The minimum absolute atomic E-state index is 0.649. The lowest BCUT2D eigenvalue weighted by Gasteiger charge is -2.35. The summed E-state index contributed by atoms with van der Waals surface area (Å²) in [5.74, 6) is 0.657. The van der Waals surface area contributed by atoms with Crippen LogP contribution in [0.3, 0.4) is 0 Å². The molecule has 0 bridgehead atoms. The number of pyridine rings is 1. The van der Waals surface area contributed by atoms with Crippen molar-refractivity contribution in [1.82, 2.24) is 15.2 Å². The Balaban J connectivity index is 2.26. The van der Waals surface area contributed by atoms with Crippen LogP contribution in [-0.2, 0) is 6.54 Å². The molecule has 1 aliphatic rings. The summed E-state index contributed by atoms with van der Waals surface area (Å²) in [6.45, 7) is 16.8. The molecule has 3 nitrogen and oxygen atoms in total. The highest BCUT2D eigenvalue weighted by atomic mass is 15.2. The summed E-state index contributed by atoms with van der Waals surface area (Å²) < 4.78 is 0. The Morgan fingerprint density at radius 3 is 2.77 bits per heavy atom. The number of aromatic nitrogens is 1. The number of piperidine rings is 1. The second kappa shape index (κ2) is 8.25. The zero-order valence-corrected chi connectivity index (χ0v) is 14.0. The van der Waals surface area contributed by atoms with Crippen molar-refractivity contribution in [2.75, 3.05) is 19.6 Å². The average Bonchev–Trinajstić information content (AvgIpc) is 2.50. The van der Waals surface area contributed by atoms with Crippen molar-refractivity contribution < 1.29 is 0 Å². The van der Waals surface area contributed by atoms with E-state index in [1.54, 1.807) is 0 Å². The van der Waals surface area contributed by atoms with Crippen molar-refractivity contribution in [3.8, 4) is 0 Å². The Kier molecular flexibility index (Phi) is 6.34. The van der Waals surface area contributed by atoms with E-state index in [1.807, 2.05) is 24.4 Å². The van der Waals surface area contributed by atoms with Crippen LogP contribution >= 0.6 is 0 Å². The molecule has 0 aromatic carbocycles. The molecule has 0 saturated carbocycles. The maximum absolute atomic E-state index is 4.62. The number of nitrogens with one attached hydrogen (secondary N) is 1. The normalized spacial score (nSPS) is 17.4. The van der Waals surface area contributed by atoms with Gasteiger partial charge in [-0.25, -0.2) is 0 Å². The Labute approximate surface area is 134 Å². The summed E-state index contributed by atoms with van der Waals surface area (Å²) in [4.78, 5) is 7.23. The van der Waals surface area contributed by atoms with E-state index in [0.29, 0.717) is 12.0 Å². The molecule has 1 aromatic heterocycles. The molecule has 1 aromatic rings. The lowest BCUT2D eigenvalue weighted by atomic mass is 10.0. The minimum atomic E-state index is 0.649. The first-order chi connectivity index (χ1) is 10.6. The molecule has 0 aliphatic carbocycles. The molecule has 1 fully saturated rings. The number of hydrogen-bond acceptors (Lipinski definition) is 3. The maximum Gasteiger partial charge on any atom is 0.0622 e. The monoisotopic (exact) mass is 299 g/mol. The van der Waals surface area contributed by atoms with Gasteiger partial charge in [0, 0.05) is 30.5 Å². The quantitative estimate of drug-likeness (QED) is 0.866. The first kappa shape index (κ1) is 16.9. The van der Waals surface area contributed by atoms with E-state index < -0.39 is 0 Å². The van der Waals surface area contributed by atoms with Crippen molar-refractivity contribution in [3.05, 3.63) is 41.0 Å². The fourth-order valence-electron chi connectivity index (χ4n) is 3.18. The molecule has 120 valence electrons. The molecule has 0 atom stereocenters. The topological polar surface area (TPSA) is 28.2 Å². The van der Waals surface area contributed by atoms with E-state index in [-0.39, 0.29) is 0 Å². The van der Waals surface area contributed by atoms with E-state index >= 15 is 0 Å². The number of allylic oxidation sites excluding steroid dienone is 1. The molecular weight excluding hydrogens is 270 g/mol. The van der Waals surface area contributed by atoms with E-state index in [2.05, 4.69) is 42.2 Å². The van der Waals surface area contributed by atoms with Gasteiger partial charge in [-0.3, -0.25) is 9.88 Å². The zero-order valence-electron chi connectivity index (χ0n) is 14.0. The highest BCUT2D eigenvalue weighted by Gasteiger charge is 2.22. The maximum atomic E-state index is 4.62. The van der Waals surface area contributed by atoms with Gasteiger partial charge < -0.3 is 5.32 Å². The van der Waals surface area contributed by atoms with E-state index in [4.69, 9.17) is 0 Å². The predicted molar refractivity (Wildman–Crippen MR) is 94.8 cm³/mol. The van der Waals surface area contributed by atoms with Crippen molar-refractivity contribution in [1.29, 1.82) is 0 Å². The van der Waals surface area contributed by atoms with Gasteiger partial charge in [0.15, 0.2) is 0 Å². The highest BCUT2D eigenvalue weighted by Crippen LogP contribution is 2.15. The Bertz CT molecular complexity index is 585. The smallest absolute Gasteiger partial charge is 0.0622 e. The van der Waals surface area contributed by atoms with Gasteiger partial charge in [-0.15, -0.1) is 0 Å². The van der Waals surface area contributed by atoms with Crippen LogP contribution in [0, 0.1) is 5.92 Å². The van der Waals surface area contributed by atoms with Crippen LogP contribution in [0.15, 0.2) is 24.9 Å². The molecular formula is C19H29N3. The standard InChI is InChI=1S/C19H29N3/c1-5-6-18-16(4)7-12-21-19(18)14-22(13-15(2)3)17-8-10-20-11-9-17/h5-7,12,15,17,20H,1,4,8-11,13-14H2,2-3H3/b18-6+. The van der Waals surface area contributed by atoms with Crippen molar-refractivity contribution in [2.24, 2.45) is 5.92 Å². The first-order valence-electron chi connectivity index (χ1n) is 8.32. The van der Waals surface area contributed by atoms with Crippen molar-refractivity contribution in [3.63, 3.8) is 0 Å². The third-order valence-electron chi connectivity index (χ3n) is 4.23. The Morgan fingerprint density at radius 2 is 2.14 bits per heavy atom. The van der Waals surface area contributed by atoms with Gasteiger partial charge in [-0.05, 0) is 43.1 Å². The first-order valence-corrected chi connectivity index (χ1v) is 8.32. The second-order valence-electron chi connectivity index (χ2n) is 6.54. The van der Waals surface area contributed by atoms with E-state index in [9.17, 15) is 0 Å². The molecule has 3 heteroatoms. The summed E-state index contributed by atoms with van der Waals surface area (Å²) >= 11 is 0. The second-order valence-corrected chi connectivity index (χ2v) is 6.54. The van der Waals surface area contributed by atoms with Gasteiger partial charge >= 0.3 is 0 Å². The van der Waals surface area contributed by atoms with Crippen LogP contribution in [0.1, 0.15) is 32.4 Å². The summed E-state index contributed by atoms with van der Waals surface area (Å²) in [7, 11) is 0. The average molecular weight is 299 g/mol. The molecule has 22 heavy (non-hydrogen) atoms. The Morgan fingerprint density at radius 1 is 1.41 bits per heavy atom. The summed E-state index contributed by atoms with van der Waals surface area (Å²) in [6, 6.07) is 2.62. The molecule has 1 N–H and O–H groups in total. The van der Waals surface area contributed by atoms with Crippen LogP contribution in [-0.4, -0.2) is 35.6 Å². The van der Waals surface area contributed by atoms with Crippen molar-refractivity contribution in [2.45, 2.75) is 39.3 Å². The molecule has 2 rings (SSSR count). The molecule has 0 amide bonds. The van der Waals surface area contributed by atoms with Gasteiger partial charge in [0.2, 0.25) is 0 Å². The molecule has 0 radical (unpaired) electrons. The summed E-state index contributed by atoms with van der Waals surface area (Å²) in [5.41, 5.74) is 1.12.